The monoisotopic (exact) mass is 261 g/mol. The van der Waals surface area contributed by atoms with Gasteiger partial charge in [-0.05, 0) is 12.8 Å². The van der Waals surface area contributed by atoms with Gasteiger partial charge in [0.25, 0.3) is 0 Å². The van der Waals surface area contributed by atoms with E-state index in [4.69, 9.17) is 5.73 Å². The van der Waals surface area contributed by atoms with Crippen LogP contribution in [0, 0.1) is 0 Å². The Morgan fingerprint density at radius 3 is 2.47 bits per heavy atom. The molecule has 0 bridgehead atoms. The average molecular weight is 261 g/mol. The standard InChI is InChI=1S/C10H19N3O3S/c11-9(14)10(13-5-3-12-4-6-13)2-1-7-17(15,16)8-10/h12H,1-8H2,(H2,11,14). The molecule has 2 fully saturated rings. The molecule has 17 heavy (non-hydrogen) atoms. The zero-order chi connectivity index (χ0) is 12.5. The van der Waals surface area contributed by atoms with E-state index in [1.807, 2.05) is 4.90 Å². The van der Waals surface area contributed by atoms with Crippen molar-refractivity contribution < 1.29 is 13.2 Å². The van der Waals surface area contributed by atoms with Crippen LogP contribution in [0.4, 0.5) is 0 Å². The summed E-state index contributed by atoms with van der Waals surface area (Å²) in [5, 5.41) is 3.19. The third kappa shape index (κ3) is 2.46. The fraction of sp³-hybridized carbons (Fsp3) is 0.900. The zero-order valence-electron chi connectivity index (χ0n) is 9.81. The smallest absolute Gasteiger partial charge is 0.239 e. The summed E-state index contributed by atoms with van der Waals surface area (Å²) < 4.78 is 23.5. The van der Waals surface area contributed by atoms with Crippen molar-refractivity contribution in [3.63, 3.8) is 0 Å². The first-order chi connectivity index (χ1) is 7.96. The topological polar surface area (TPSA) is 92.5 Å². The lowest BCUT2D eigenvalue weighted by molar-refractivity contribution is -0.130. The van der Waals surface area contributed by atoms with Crippen molar-refractivity contribution in [1.82, 2.24) is 10.2 Å². The van der Waals surface area contributed by atoms with Crippen LogP contribution in [-0.4, -0.2) is 62.4 Å². The molecule has 0 aliphatic carbocycles. The van der Waals surface area contributed by atoms with Crippen molar-refractivity contribution in [2.45, 2.75) is 18.4 Å². The number of carbonyl (C=O) groups excluding carboxylic acids is 1. The van der Waals surface area contributed by atoms with E-state index in [0.717, 1.165) is 13.1 Å². The SMILES string of the molecule is NC(=O)C1(N2CCNCC2)CCCS(=O)(=O)C1. The number of sulfone groups is 1. The summed E-state index contributed by atoms with van der Waals surface area (Å²) in [7, 11) is -3.15. The van der Waals surface area contributed by atoms with Gasteiger partial charge in [0.2, 0.25) is 5.91 Å². The molecule has 2 saturated heterocycles. The molecule has 1 amide bonds. The largest absolute Gasteiger partial charge is 0.368 e. The van der Waals surface area contributed by atoms with Crippen LogP contribution in [0.5, 0.6) is 0 Å². The summed E-state index contributed by atoms with van der Waals surface area (Å²) in [4.78, 5) is 13.7. The molecule has 1 atom stereocenters. The van der Waals surface area contributed by atoms with Crippen LogP contribution < -0.4 is 11.1 Å². The van der Waals surface area contributed by atoms with Crippen LogP contribution in [0.25, 0.3) is 0 Å². The summed E-state index contributed by atoms with van der Waals surface area (Å²) in [5.74, 6) is -0.439. The van der Waals surface area contributed by atoms with Gasteiger partial charge < -0.3 is 11.1 Å². The molecule has 0 spiro atoms. The molecule has 2 heterocycles. The first-order valence-electron chi connectivity index (χ1n) is 5.92. The van der Waals surface area contributed by atoms with Crippen LogP contribution >= 0.6 is 0 Å². The Balaban J connectivity index is 2.28. The van der Waals surface area contributed by atoms with Gasteiger partial charge in [-0.3, -0.25) is 9.69 Å². The third-order valence-electron chi connectivity index (χ3n) is 3.69. The molecule has 0 radical (unpaired) electrons. The maximum absolute atomic E-state index is 11.8. The summed E-state index contributed by atoms with van der Waals surface area (Å²) >= 11 is 0. The molecule has 0 saturated carbocycles. The van der Waals surface area contributed by atoms with Crippen molar-refractivity contribution in [3.05, 3.63) is 0 Å². The Hall–Kier alpha value is -0.660. The second-order valence-electron chi connectivity index (χ2n) is 4.83. The second kappa shape index (κ2) is 4.55. The first kappa shape index (κ1) is 12.8. The molecule has 6 nitrogen and oxygen atoms in total. The highest BCUT2D eigenvalue weighted by Crippen LogP contribution is 2.29. The Morgan fingerprint density at radius 2 is 1.94 bits per heavy atom. The fourth-order valence-electron chi connectivity index (χ4n) is 2.79. The predicted molar refractivity (Wildman–Crippen MR) is 64.3 cm³/mol. The van der Waals surface area contributed by atoms with Crippen molar-refractivity contribution in [3.8, 4) is 0 Å². The highest BCUT2D eigenvalue weighted by atomic mass is 32.2. The fourth-order valence-corrected chi connectivity index (χ4v) is 4.71. The minimum atomic E-state index is -3.15. The van der Waals surface area contributed by atoms with Crippen LogP contribution in [0.15, 0.2) is 0 Å². The molecular weight excluding hydrogens is 242 g/mol. The van der Waals surface area contributed by atoms with Gasteiger partial charge in [0, 0.05) is 26.2 Å². The number of hydrogen-bond donors (Lipinski definition) is 2. The molecule has 0 aromatic carbocycles. The summed E-state index contributed by atoms with van der Waals surface area (Å²) in [5.41, 5.74) is 4.52. The molecular formula is C10H19N3O3S. The molecule has 2 aliphatic heterocycles. The lowest BCUT2D eigenvalue weighted by Gasteiger charge is -2.45. The number of piperazine rings is 1. The second-order valence-corrected chi connectivity index (χ2v) is 7.01. The van der Waals surface area contributed by atoms with E-state index >= 15 is 0 Å². The number of hydrogen-bond acceptors (Lipinski definition) is 5. The predicted octanol–water partition coefficient (Wildman–Crippen LogP) is -1.68. The van der Waals surface area contributed by atoms with E-state index in [2.05, 4.69) is 5.32 Å². The number of rotatable bonds is 2. The van der Waals surface area contributed by atoms with E-state index in [-0.39, 0.29) is 11.5 Å². The van der Waals surface area contributed by atoms with Gasteiger partial charge in [-0.2, -0.15) is 0 Å². The van der Waals surface area contributed by atoms with Crippen molar-refractivity contribution >= 4 is 15.7 Å². The quantitative estimate of drug-likeness (QED) is 0.620. The number of nitrogens with zero attached hydrogens (tertiary/aromatic N) is 1. The highest BCUT2D eigenvalue weighted by Gasteiger charge is 2.48. The zero-order valence-corrected chi connectivity index (χ0v) is 10.6. The van der Waals surface area contributed by atoms with E-state index in [1.165, 1.54) is 0 Å². The Morgan fingerprint density at radius 1 is 1.29 bits per heavy atom. The van der Waals surface area contributed by atoms with E-state index in [9.17, 15) is 13.2 Å². The molecule has 0 aromatic rings. The number of nitrogens with one attached hydrogen (secondary N) is 1. The van der Waals surface area contributed by atoms with E-state index in [0.29, 0.717) is 25.9 Å². The van der Waals surface area contributed by atoms with Crippen molar-refractivity contribution in [2.24, 2.45) is 5.73 Å². The molecule has 7 heteroatoms. The number of primary amides is 1. The minimum Gasteiger partial charge on any atom is -0.368 e. The lowest BCUT2D eigenvalue weighted by atomic mass is 9.91. The molecule has 2 rings (SSSR count). The van der Waals surface area contributed by atoms with Crippen LogP contribution in [0.1, 0.15) is 12.8 Å². The van der Waals surface area contributed by atoms with Gasteiger partial charge in [0.05, 0.1) is 11.5 Å². The normalized spacial score (nSPS) is 34.4. The van der Waals surface area contributed by atoms with Crippen molar-refractivity contribution in [1.29, 1.82) is 0 Å². The van der Waals surface area contributed by atoms with Crippen LogP contribution in [0.3, 0.4) is 0 Å². The molecule has 2 aliphatic rings. The maximum Gasteiger partial charge on any atom is 0.239 e. The lowest BCUT2D eigenvalue weighted by Crippen LogP contribution is -2.66. The number of amides is 1. The van der Waals surface area contributed by atoms with Crippen LogP contribution in [0.2, 0.25) is 0 Å². The van der Waals surface area contributed by atoms with Gasteiger partial charge in [-0.15, -0.1) is 0 Å². The van der Waals surface area contributed by atoms with Crippen LogP contribution in [-0.2, 0) is 14.6 Å². The maximum atomic E-state index is 11.8. The highest BCUT2D eigenvalue weighted by molar-refractivity contribution is 7.91. The summed E-state index contributed by atoms with van der Waals surface area (Å²) in [6, 6.07) is 0. The summed E-state index contributed by atoms with van der Waals surface area (Å²) in [6.45, 7) is 2.90. The molecule has 1 unspecified atom stereocenters. The number of nitrogens with two attached hydrogens (primary N) is 1. The molecule has 0 aromatic heterocycles. The number of carbonyl (C=O) groups is 1. The summed E-state index contributed by atoms with van der Waals surface area (Å²) in [6.07, 6.45) is 1.08. The Kier molecular flexibility index (Phi) is 3.42. The average Bonchev–Trinajstić information content (AvgIpc) is 2.28. The van der Waals surface area contributed by atoms with Gasteiger partial charge in [-0.1, -0.05) is 0 Å². The Labute approximate surface area is 101 Å². The van der Waals surface area contributed by atoms with Gasteiger partial charge in [-0.25, -0.2) is 8.42 Å². The van der Waals surface area contributed by atoms with E-state index < -0.39 is 21.3 Å². The molecule has 3 N–H and O–H groups in total. The third-order valence-corrected chi connectivity index (χ3v) is 5.51. The van der Waals surface area contributed by atoms with E-state index in [1.54, 1.807) is 0 Å². The van der Waals surface area contributed by atoms with Gasteiger partial charge in [0.15, 0.2) is 9.84 Å². The Bertz CT molecular complexity index is 403. The minimum absolute atomic E-state index is 0.116. The van der Waals surface area contributed by atoms with Gasteiger partial charge in [0.1, 0.15) is 5.54 Å². The van der Waals surface area contributed by atoms with Crippen molar-refractivity contribution in [2.75, 3.05) is 37.7 Å². The van der Waals surface area contributed by atoms with Gasteiger partial charge >= 0.3 is 0 Å². The first-order valence-corrected chi connectivity index (χ1v) is 7.75. The molecule has 98 valence electrons.